The van der Waals surface area contributed by atoms with Crippen molar-refractivity contribution in [3.05, 3.63) is 46.8 Å². The number of nitrogens with zero attached hydrogens (tertiary/aromatic N) is 1. The summed E-state index contributed by atoms with van der Waals surface area (Å²) in [5.74, 6) is -0.494. The maximum atomic E-state index is 12.4. The van der Waals surface area contributed by atoms with Crippen molar-refractivity contribution in [3.63, 3.8) is 0 Å². The van der Waals surface area contributed by atoms with Crippen molar-refractivity contribution in [2.45, 2.75) is 33.8 Å². The van der Waals surface area contributed by atoms with Gasteiger partial charge in [0.1, 0.15) is 5.75 Å². The van der Waals surface area contributed by atoms with Gasteiger partial charge in [0.05, 0.1) is 42.8 Å². The second kappa shape index (κ2) is 7.99. The van der Waals surface area contributed by atoms with Crippen LogP contribution in [0, 0.1) is 13.8 Å². The number of carbonyl (C=O) groups is 2. The number of rotatable bonds is 5. The van der Waals surface area contributed by atoms with Gasteiger partial charge in [-0.05, 0) is 45.4 Å². The number of carbonyl (C=O) groups excluding carboxylic acids is 2. The number of benzene rings is 1. The smallest absolute Gasteiger partial charge is 0.340 e. The molecule has 0 amide bonds. The maximum Gasteiger partial charge on any atom is 0.340 e. The van der Waals surface area contributed by atoms with Gasteiger partial charge in [-0.15, -0.1) is 0 Å². The van der Waals surface area contributed by atoms with E-state index < -0.39 is 11.9 Å². The molecule has 26 heavy (non-hydrogen) atoms. The molecule has 0 saturated carbocycles. The van der Waals surface area contributed by atoms with Crippen LogP contribution in [0.2, 0.25) is 0 Å². The van der Waals surface area contributed by atoms with Crippen LogP contribution in [0.25, 0.3) is 11.1 Å². The lowest BCUT2D eigenvalue weighted by Crippen LogP contribution is -2.16. The van der Waals surface area contributed by atoms with E-state index in [1.165, 1.54) is 14.2 Å². The van der Waals surface area contributed by atoms with E-state index >= 15 is 0 Å². The van der Waals surface area contributed by atoms with Gasteiger partial charge in [-0.1, -0.05) is 12.1 Å². The minimum Gasteiger partial charge on any atom is -0.491 e. The molecule has 6 nitrogen and oxygen atoms in total. The number of aromatic nitrogens is 1. The fourth-order valence-corrected chi connectivity index (χ4v) is 2.84. The van der Waals surface area contributed by atoms with Gasteiger partial charge in [0.25, 0.3) is 0 Å². The van der Waals surface area contributed by atoms with Crippen molar-refractivity contribution in [3.8, 4) is 16.9 Å². The summed E-state index contributed by atoms with van der Waals surface area (Å²) in [6, 6.07) is 7.22. The van der Waals surface area contributed by atoms with Crippen LogP contribution in [-0.4, -0.2) is 37.2 Å². The third-order valence-corrected chi connectivity index (χ3v) is 3.83. The van der Waals surface area contributed by atoms with Gasteiger partial charge in [0, 0.05) is 5.56 Å². The zero-order valence-corrected chi connectivity index (χ0v) is 15.9. The predicted molar refractivity (Wildman–Crippen MR) is 97.6 cm³/mol. The van der Waals surface area contributed by atoms with Crippen molar-refractivity contribution in [1.29, 1.82) is 0 Å². The Labute approximate surface area is 153 Å². The minimum atomic E-state index is -0.565. The van der Waals surface area contributed by atoms with Gasteiger partial charge in [-0.3, -0.25) is 4.98 Å². The second-order valence-corrected chi connectivity index (χ2v) is 6.09. The van der Waals surface area contributed by atoms with Crippen LogP contribution in [-0.2, 0) is 9.47 Å². The van der Waals surface area contributed by atoms with Gasteiger partial charge < -0.3 is 14.2 Å². The molecule has 1 aromatic carbocycles. The molecular weight excluding hydrogens is 334 g/mol. The summed E-state index contributed by atoms with van der Waals surface area (Å²) in [6.07, 6.45) is -0.00804. The highest BCUT2D eigenvalue weighted by Gasteiger charge is 2.27. The lowest BCUT2D eigenvalue weighted by molar-refractivity contribution is 0.0599. The molecule has 0 atom stereocenters. The van der Waals surface area contributed by atoms with Gasteiger partial charge in [-0.25, -0.2) is 9.59 Å². The zero-order valence-electron chi connectivity index (χ0n) is 15.9. The van der Waals surface area contributed by atoms with Crippen LogP contribution in [0.3, 0.4) is 0 Å². The average Bonchev–Trinajstić information content (AvgIpc) is 2.59. The molecule has 0 bridgehead atoms. The molecule has 0 N–H and O–H groups in total. The summed E-state index contributed by atoms with van der Waals surface area (Å²) in [5.41, 5.74) is 2.51. The van der Waals surface area contributed by atoms with E-state index in [0.29, 0.717) is 28.3 Å². The Morgan fingerprint density at radius 3 is 1.96 bits per heavy atom. The number of methoxy groups -OCH3 is 2. The standard InChI is InChI=1S/C20H23NO5/c1-11(2)26-15-9-7-8-14(10-15)18-16(19(22)24-5)12(3)21-13(4)17(18)20(23)25-6/h7-11H,1-6H3. The van der Waals surface area contributed by atoms with Crippen LogP contribution >= 0.6 is 0 Å². The largest absolute Gasteiger partial charge is 0.491 e. The summed E-state index contributed by atoms with van der Waals surface area (Å²) in [5, 5.41) is 0. The molecule has 0 aliphatic heterocycles. The van der Waals surface area contributed by atoms with Crippen molar-refractivity contribution < 1.29 is 23.8 Å². The zero-order chi connectivity index (χ0) is 19.4. The van der Waals surface area contributed by atoms with Gasteiger partial charge in [0.2, 0.25) is 0 Å². The first kappa shape index (κ1) is 19.4. The molecule has 138 valence electrons. The number of aryl methyl sites for hydroxylation is 2. The van der Waals surface area contributed by atoms with Crippen molar-refractivity contribution in [1.82, 2.24) is 4.98 Å². The van der Waals surface area contributed by atoms with Crippen LogP contribution in [0.1, 0.15) is 46.0 Å². The second-order valence-electron chi connectivity index (χ2n) is 6.09. The molecule has 0 aliphatic rings. The highest BCUT2D eigenvalue weighted by Crippen LogP contribution is 2.34. The summed E-state index contributed by atoms with van der Waals surface area (Å²) >= 11 is 0. The Bertz CT molecular complexity index is 802. The Hall–Kier alpha value is -2.89. The number of hydrogen-bond acceptors (Lipinski definition) is 6. The summed E-state index contributed by atoms with van der Waals surface area (Å²) < 4.78 is 15.6. The fraction of sp³-hybridized carbons (Fsp3) is 0.350. The highest BCUT2D eigenvalue weighted by molar-refractivity contribution is 6.07. The van der Waals surface area contributed by atoms with E-state index in [0.717, 1.165) is 0 Å². The average molecular weight is 357 g/mol. The lowest BCUT2D eigenvalue weighted by atomic mass is 9.92. The van der Waals surface area contributed by atoms with Gasteiger partial charge in [-0.2, -0.15) is 0 Å². The normalized spacial score (nSPS) is 10.6. The van der Waals surface area contributed by atoms with E-state index in [9.17, 15) is 9.59 Å². The maximum absolute atomic E-state index is 12.4. The first-order chi connectivity index (χ1) is 12.3. The number of ether oxygens (including phenoxy) is 3. The monoisotopic (exact) mass is 357 g/mol. The topological polar surface area (TPSA) is 74.7 Å². The molecule has 0 unspecified atom stereocenters. The van der Waals surface area contributed by atoms with E-state index in [1.807, 2.05) is 19.9 Å². The first-order valence-corrected chi connectivity index (χ1v) is 8.25. The van der Waals surface area contributed by atoms with Crippen LogP contribution in [0.5, 0.6) is 5.75 Å². The Morgan fingerprint density at radius 2 is 1.50 bits per heavy atom. The van der Waals surface area contributed by atoms with Crippen molar-refractivity contribution in [2.75, 3.05) is 14.2 Å². The number of pyridine rings is 1. The van der Waals surface area contributed by atoms with Crippen molar-refractivity contribution in [2.24, 2.45) is 0 Å². The molecular formula is C20H23NO5. The predicted octanol–water partition coefficient (Wildman–Crippen LogP) is 3.73. The van der Waals surface area contributed by atoms with Crippen LogP contribution in [0.15, 0.2) is 24.3 Å². The van der Waals surface area contributed by atoms with E-state index in [2.05, 4.69) is 4.98 Å². The van der Waals surface area contributed by atoms with E-state index in [-0.39, 0.29) is 17.2 Å². The van der Waals surface area contributed by atoms with Gasteiger partial charge >= 0.3 is 11.9 Å². The Kier molecular flexibility index (Phi) is 5.97. The fourth-order valence-electron chi connectivity index (χ4n) is 2.84. The number of hydrogen-bond donors (Lipinski definition) is 0. The molecule has 1 aromatic heterocycles. The summed E-state index contributed by atoms with van der Waals surface area (Å²) in [4.78, 5) is 29.2. The molecule has 0 saturated heterocycles. The minimum absolute atomic E-state index is 0.00804. The van der Waals surface area contributed by atoms with Crippen LogP contribution in [0.4, 0.5) is 0 Å². The number of esters is 2. The molecule has 6 heteroatoms. The molecule has 1 heterocycles. The Morgan fingerprint density at radius 1 is 0.962 bits per heavy atom. The third kappa shape index (κ3) is 3.85. The van der Waals surface area contributed by atoms with E-state index in [4.69, 9.17) is 14.2 Å². The summed E-state index contributed by atoms with van der Waals surface area (Å²) in [7, 11) is 2.59. The van der Waals surface area contributed by atoms with Gasteiger partial charge in [0.15, 0.2) is 0 Å². The SMILES string of the molecule is COC(=O)c1c(C)nc(C)c(C(=O)OC)c1-c1cccc(OC(C)C)c1. The molecule has 0 spiro atoms. The molecule has 0 aliphatic carbocycles. The van der Waals surface area contributed by atoms with E-state index in [1.54, 1.807) is 32.0 Å². The summed E-state index contributed by atoms with van der Waals surface area (Å²) in [6.45, 7) is 7.26. The van der Waals surface area contributed by atoms with Crippen molar-refractivity contribution >= 4 is 11.9 Å². The quantitative estimate of drug-likeness (QED) is 0.759. The highest BCUT2D eigenvalue weighted by atomic mass is 16.5. The lowest BCUT2D eigenvalue weighted by Gasteiger charge is -2.18. The Balaban J connectivity index is 2.83. The molecule has 0 fully saturated rings. The third-order valence-electron chi connectivity index (χ3n) is 3.83. The molecule has 2 rings (SSSR count). The molecule has 0 radical (unpaired) electrons. The molecule has 2 aromatic rings. The first-order valence-electron chi connectivity index (χ1n) is 8.25. The van der Waals surface area contributed by atoms with Crippen LogP contribution < -0.4 is 4.74 Å².